The number of carbonyl (C=O) groups is 1. The summed E-state index contributed by atoms with van der Waals surface area (Å²) in [7, 11) is 0. The van der Waals surface area contributed by atoms with E-state index in [-0.39, 0.29) is 23.0 Å². The summed E-state index contributed by atoms with van der Waals surface area (Å²) in [5.41, 5.74) is 7.89. The van der Waals surface area contributed by atoms with Crippen LogP contribution >= 0.6 is 0 Å². The minimum absolute atomic E-state index is 0.123. The van der Waals surface area contributed by atoms with E-state index in [0.717, 1.165) is 12.5 Å². The van der Waals surface area contributed by atoms with Crippen LogP contribution in [0, 0.1) is 17.1 Å². The van der Waals surface area contributed by atoms with Crippen molar-refractivity contribution < 1.29 is 9.18 Å². The van der Waals surface area contributed by atoms with Gasteiger partial charge in [-0.3, -0.25) is 9.20 Å². The van der Waals surface area contributed by atoms with Crippen molar-refractivity contribution >= 4 is 17.4 Å². The van der Waals surface area contributed by atoms with E-state index in [1.54, 1.807) is 28.8 Å². The van der Waals surface area contributed by atoms with Gasteiger partial charge in [-0.15, -0.1) is 0 Å². The van der Waals surface area contributed by atoms with E-state index in [1.807, 2.05) is 13.0 Å². The van der Waals surface area contributed by atoms with Gasteiger partial charge in [0.05, 0.1) is 11.6 Å². The van der Waals surface area contributed by atoms with E-state index in [4.69, 9.17) is 11.0 Å². The molecule has 0 radical (unpaired) electrons. The van der Waals surface area contributed by atoms with Crippen LogP contribution < -0.4 is 11.1 Å². The number of nitrogens with zero attached hydrogens (tertiary/aromatic N) is 3. The van der Waals surface area contributed by atoms with Gasteiger partial charge in [-0.25, -0.2) is 9.37 Å². The molecule has 2 heterocycles. The number of hydrogen-bond acceptors (Lipinski definition) is 4. The van der Waals surface area contributed by atoms with Crippen molar-refractivity contribution in [3.63, 3.8) is 0 Å². The van der Waals surface area contributed by atoms with Gasteiger partial charge in [0, 0.05) is 18.3 Å². The Morgan fingerprint density at radius 3 is 2.96 bits per heavy atom. The highest BCUT2D eigenvalue weighted by atomic mass is 19.1. The molecule has 0 spiro atoms. The Kier molecular flexibility index (Phi) is 4.35. The molecule has 0 saturated heterocycles. The van der Waals surface area contributed by atoms with Gasteiger partial charge in [0.1, 0.15) is 17.3 Å². The summed E-state index contributed by atoms with van der Waals surface area (Å²) in [5, 5.41) is 11.8. The number of nitriles is 1. The first-order valence-electron chi connectivity index (χ1n) is 7.81. The lowest BCUT2D eigenvalue weighted by atomic mass is 10.0. The number of benzene rings is 1. The first kappa shape index (κ1) is 16.5. The molecule has 2 aromatic heterocycles. The fraction of sp³-hybridized carbons (Fsp3) is 0.167. The average Bonchev–Trinajstić information content (AvgIpc) is 2.96. The monoisotopic (exact) mass is 337 g/mol. The molecule has 1 aromatic carbocycles. The van der Waals surface area contributed by atoms with Crippen molar-refractivity contribution in [1.29, 1.82) is 5.26 Å². The van der Waals surface area contributed by atoms with E-state index < -0.39 is 5.82 Å². The fourth-order valence-corrected chi connectivity index (χ4v) is 2.61. The number of hydrogen-bond donors (Lipinski definition) is 2. The van der Waals surface area contributed by atoms with E-state index in [1.165, 1.54) is 6.07 Å². The molecule has 0 fully saturated rings. The zero-order valence-electron chi connectivity index (χ0n) is 13.6. The molecule has 0 unspecified atom stereocenters. The zero-order chi connectivity index (χ0) is 18.0. The van der Waals surface area contributed by atoms with Crippen LogP contribution in [0.1, 0.15) is 29.4 Å². The summed E-state index contributed by atoms with van der Waals surface area (Å²) in [6, 6.07) is 9.44. The highest BCUT2D eigenvalue weighted by Crippen LogP contribution is 2.28. The summed E-state index contributed by atoms with van der Waals surface area (Å²) in [4.78, 5) is 16.6. The van der Waals surface area contributed by atoms with Crippen molar-refractivity contribution in [3.8, 4) is 17.2 Å². The van der Waals surface area contributed by atoms with E-state index >= 15 is 0 Å². The Balaban J connectivity index is 2.17. The van der Waals surface area contributed by atoms with Crippen LogP contribution in [0.4, 0.5) is 10.2 Å². The molecule has 7 heteroatoms. The predicted octanol–water partition coefficient (Wildman–Crippen LogP) is 2.73. The Morgan fingerprint density at radius 2 is 2.24 bits per heavy atom. The number of aromatic nitrogens is 2. The molecule has 0 aliphatic carbocycles. The molecular weight excluding hydrogens is 321 g/mol. The molecule has 3 rings (SSSR count). The van der Waals surface area contributed by atoms with Crippen LogP contribution in [0.2, 0.25) is 0 Å². The van der Waals surface area contributed by atoms with Gasteiger partial charge in [0.25, 0.3) is 5.91 Å². The van der Waals surface area contributed by atoms with Crippen LogP contribution in [-0.2, 0) is 0 Å². The second-order valence-electron chi connectivity index (χ2n) is 5.56. The van der Waals surface area contributed by atoms with Gasteiger partial charge in [-0.1, -0.05) is 6.92 Å². The molecule has 3 aromatic rings. The van der Waals surface area contributed by atoms with Crippen LogP contribution in [0.15, 0.2) is 36.5 Å². The van der Waals surface area contributed by atoms with Crippen molar-refractivity contribution in [3.05, 3.63) is 53.6 Å². The van der Waals surface area contributed by atoms with Gasteiger partial charge in [-0.05, 0) is 42.3 Å². The summed E-state index contributed by atoms with van der Waals surface area (Å²) in [5.74, 6) is -0.662. The number of imidazole rings is 1. The number of rotatable bonds is 4. The number of nitrogen functional groups attached to an aromatic ring is 1. The Hall–Kier alpha value is -3.40. The lowest BCUT2D eigenvalue weighted by Crippen LogP contribution is -2.25. The Labute approximate surface area is 143 Å². The van der Waals surface area contributed by atoms with Crippen LogP contribution in [-0.4, -0.2) is 21.8 Å². The molecule has 0 saturated carbocycles. The lowest BCUT2D eigenvalue weighted by Gasteiger charge is -2.05. The molecule has 0 bridgehead atoms. The number of nitrogens with two attached hydrogens (primary N) is 1. The molecule has 0 aliphatic heterocycles. The summed E-state index contributed by atoms with van der Waals surface area (Å²) < 4.78 is 15.4. The number of halogens is 1. The summed E-state index contributed by atoms with van der Waals surface area (Å²) in [6.07, 6.45) is 2.48. The molecular formula is C18H16FN5O. The second-order valence-corrected chi connectivity index (χ2v) is 5.56. The second kappa shape index (κ2) is 6.61. The maximum absolute atomic E-state index is 13.8. The minimum Gasteiger partial charge on any atom is -0.383 e. The Morgan fingerprint density at radius 1 is 1.44 bits per heavy atom. The highest BCUT2D eigenvalue weighted by Gasteiger charge is 2.19. The maximum atomic E-state index is 13.8. The molecule has 126 valence electrons. The standard InChI is InChI=1S/C18H16FN5O/c1-2-5-22-18(25)15-16(21)24-6-3-4-14(17(24)23-15)12-7-11(10-20)8-13(19)9-12/h3-4,6-9H,2,5,21H2,1H3,(H,22,25). The Bertz CT molecular complexity index is 1000. The van der Waals surface area contributed by atoms with Crippen molar-refractivity contribution in [1.82, 2.24) is 14.7 Å². The fourth-order valence-electron chi connectivity index (χ4n) is 2.61. The zero-order valence-corrected chi connectivity index (χ0v) is 13.6. The third-order valence-electron chi connectivity index (χ3n) is 3.78. The smallest absolute Gasteiger partial charge is 0.273 e. The van der Waals surface area contributed by atoms with Crippen molar-refractivity contribution in [2.45, 2.75) is 13.3 Å². The van der Waals surface area contributed by atoms with Gasteiger partial charge in [0.15, 0.2) is 5.69 Å². The lowest BCUT2D eigenvalue weighted by molar-refractivity contribution is 0.0950. The van der Waals surface area contributed by atoms with Crippen LogP contribution in [0.3, 0.4) is 0 Å². The largest absolute Gasteiger partial charge is 0.383 e. The van der Waals surface area contributed by atoms with Crippen molar-refractivity contribution in [2.24, 2.45) is 0 Å². The number of anilines is 1. The molecule has 25 heavy (non-hydrogen) atoms. The summed E-state index contributed by atoms with van der Waals surface area (Å²) >= 11 is 0. The number of carbonyl (C=O) groups excluding carboxylic acids is 1. The molecule has 0 aliphatic rings. The van der Waals surface area contributed by atoms with Gasteiger partial charge in [0.2, 0.25) is 0 Å². The number of fused-ring (bicyclic) bond motifs is 1. The van der Waals surface area contributed by atoms with Gasteiger partial charge in [-0.2, -0.15) is 5.26 Å². The highest BCUT2D eigenvalue weighted by molar-refractivity contribution is 5.98. The molecule has 1 amide bonds. The first-order chi connectivity index (χ1) is 12.0. The van der Waals surface area contributed by atoms with Crippen LogP contribution in [0.5, 0.6) is 0 Å². The quantitative estimate of drug-likeness (QED) is 0.765. The average molecular weight is 337 g/mol. The van der Waals surface area contributed by atoms with E-state index in [9.17, 15) is 9.18 Å². The minimum atomic E-state index is -0.517. The van der Waals surface area contributed by atoms with E-state index in [0.29, 0.717) is 23.3 Å². The molecule has 6 nitrogen and oxygen atoms in total. The van der Waals surface area contributed by atoms with Crippen LogP contribution in [0.25, 0.3) is 16.8 Å². The van der Waals surface area contributed by atoms with Gasteiger partial charge < -0.3 is 11.1 Å². The third kappa shape index (κ3) is 3.02. The normalized spacial score (nSPS) is 10.6. The van der Waals surface area contributed by atoms with E-state index in [2.05, 4.69) is 10.3 Å². The topological polar surface area (TPSA) is 96.2 Å². The SMILES string of the molecule is CCCNC(=O)c1nc2c(-c3cc(F)cc(C#N)c3)cccn2c1N. The first-order valence-corrected chi connectivity index (χ1v) is 7.81. The summed E-state index contributed by atoms with van der Waals surface area (Å²) in [6.45, 7) is 2.47. The third-order valence-corrected chi connectivity index (χ3v) is 3.78. The number of amides is 1. The number of pyridine rings is 1. The molecule has 0 atom stereocenters. The maximum Gasteiger partial charge on any atom is 0.273 e. The predicted molar refractivity (Wildman–Crippen MR) is 92.3 cm³/mol. The number of nitrogens with one attached hydrogen (secondary N) is 1. The van der Waals surface area contributed by atoms with Crippen molar-refractivity contribution in [2.75, 3.05) is 12.3 Å². The van der Waals surface area contributed by atoms with Gasteiger partial charge >= 0.3 is 0 Å². The molecule has 3 N–H and O–H groups in total.